The first-order valence-electron chi connectivity index (χ1n) is 8.06. The number of hydrogen-bond acceptors (Lipinski definition) is 3. The van der Waals surface area contributed by atoms with E-state index in [4.69, 9.17) is 22.1 Å². The summed E-state index contributed by atoms with van der Waals surface area (Å²) < 4.78 is 46.2. The fourth-order valence-corrected chi connectivity index (χ4v) is 3.04. The van der Waals surface area contributed by atoms with Gasteiger partial charge in [0, 0.05) is 18.2 Å². The normalized spacial score (nSPS) is 11.9. The third kappa shape index (κ3) is 3.50. The summed E-state index contributed by atoms with van der Waals surface area (Å²) in [4.78, 5) is 4.47. The number of benzene rings is 1. The van der Waals surface area contributed by atoms with Crippen LogP contribution in [-0.4, -0.2) is 22.5 Å². The lowest BCUT2D eigenvalue weighted by Crippen LogP contribution is -2.10. The predicted octanol–water partition coefficient (Wildman–Crippen LogP) is 4.57. The smallest absolute Gasteiger partial charge is 0.417 e. The highest BCUT2D eigenvalue weighted by atomic mass is 35.5. The summed E-state index contributed by atoms with van der Waals surface area (Å²) >= 11 is 6.07. The van der Waals surface area contributed by atoms with E-state index >= 15 is 0 Å². The minimum atomic E-state index is -4.50. The van der Waals surface area contributed by atoms with Gasteiger partial charge in [-0.2, -0.15) is 13.2 Å². The first-order valence-corrected chi connectivity index (χ1v) is 8.44. The molecular formula is C18H17ClF3N3O. The topological polar surface area (TPSA) is 52.5 Å². The zero-order valence-corrected chi connectivity index (χ0v) is 14.7. The summed E-state index contributed by atoms with van der Waals surface area (Å²) in [6.07, 6.45) is -3.12. The van der Waals surface area contributed by atoms with Gasteiger partial charge in [0.1, 0.15) is 5.75 Å². The van der Waals surface area contributed by atoms with Gasteiger partial charge >= 0.3 is 6.18 Å². The van der Waals surface area contributed by atoms with Crippen LogP contribution in [-0.2, 0) is 12.6 Å². The summed E-state index contributed by atoms with van der Waals surface area (Å²) in [6, 6.07) is 8.09. The molecule has 2 N–H and O–H groups in total. The highest BCUT2D eigenvalue weighted by Crippen LogP contribution is 2.35. The van der Waals surface area contributed by atoms with Crippen LogP contribution in [0.1, 0.15) is 18.2 Å². The maximum atomic E-state index is 13.1. The summed E-state index contributed by atoms with van der Waals surface area (Å²) in [7, 11) is 0. The van der Waals surface area contributed by atoms with Crippen LogP contribution in [0.3, 0.4) is 0 Å². The number of hydrogen-bond donors (Lipinski definition) is 1. The average molecular weight is 384 g/mol. The van der Waals surface area contributed by atoms with Gasteiger partial charge in [-0.25, -0.2) is 4.98 Å². The molecule has 138 valence electrons. The molecule has 3 rings (SSSR count). The van der Waals surface area contributed by atoms with Crippen molar-refractivity contribution in [3.05, 3.63) is 52.8 Å². The third-order valence-electron chi connectivity index (χ3n) is 3.92. The molecule has 0 amide bonds. The number of rotatable bonds is 5. The van der Waals surface area contributed by atoms with E-state index in [1.165, 1.54) is 4.40 Å². The molecule has 8 heteroatoms. The van der Waals surface area contributed by atoms with Crippen molar-refractivity contribution in [1.82, 2.24) is 9.38 Å². The van der Waals surface area contributed by atoms with Crippen molar-refractivity contribution in [3.8, 4) is 17.0 Å². The highest BCUT2D eigenvalue weighted by Gasteiger charge is 2.32. The Morgan fingerprint density at radius 2 is 1.92 bits per heavy atom. The van der Waals surface area contributed by atoms with E-state index in [-0.39, 0.29) is 17.2 Å². The number of alkyl halides is 3. The second-order valence-corrected chi connectivity index (χ2v) is 6.08. The second kappa shape index (κ2) is 7.17. The molecule has 0 aliphatic carbocycles. The molecule has 0 radical (unpaired) electrons. The molecule has 26 heavy (non-hydrogen) atoms. The Bertz CT molecular complexity index is 920. The number of nitrogens with two attached hydrogens (primary N) is 1. The Morgan fingerprint density at radius 3 is 2.50 bits per heavy atom. The van der Waals surface area contributed by atoms with E-state index in [2.05, 4.69) is 4.98 Å². The van der Waals surface area contributed by atoms with Crippen molar-refractivity contribution in [2.24, 2.45) is 5.73 Å². The molecule has 0 bridgehead atoms. The predicted molar refractivity (Wildman–Crippen MR) is 94.6 cm³/mol. The fourth-order valence-electron chi connectivity index (χ4n) is 2.79. The third-order valence-corrected chi connectivity index (χ3v) is 4.20. The van der Waals surface area contributed by atoms with Gasteiger partial charge in [0.05, 0.1) is 28.6 Å². The lowest BCUT2D eigenvalue weighted by Gasteiger charge is -2.10. The Hall–Kier alpha value is -2.25. The maximum absolute atomic E-state index is 13.1. The number of aromatic nitrogens is 2. The summed E-state index contributed by atoms with van der Waals surface area (Å²) in [5, 5.41) is -0.0599. The molecule has 0 aliphatic heterocycles. The standard InChI is InChI=1S/C18H17ClF3N3O/c1-2-26-13-5-3-11(4-6-13)16-15(7-8-23)25-10-12(18(20,21)22)9-14(19)17(25)24-16/h3-6,9-10H,2,7-8,23H2,1H3. The van der Waals surface area contributed by atoms with Crippen LogP contribution in [0.15, 0.2) is 36.5 Å². The molecular weight excluding hydrogens is 367 g/mol. The SMILES string of the molecule is CCOc1ccc(-c2nc3c(Cl)cc(C(F)(F)F)cn3c2CCN)cc1. The second-order valence-electron chi connectivity index (χ2n) is 5.67. The molecule has 0 saturated heterocycles. The summed E-state index contributed by atoms with van der Waals surface area (Å²) in [6.45, 7) is 2.70. The molecule has 0 spiro atoms. The van der Waals surface area contributed by atoms with Gasteiger partial charge in [-0.15, -0.1) is 0 Å². The minimum Gasteiger partial charge on any atom is -0.494 e. The van der Waals surface area contributed by atoms with E-state index in [1.807, 2.05) is 19.1 Å². The van der Waals surface area contributed by atoms with Crippen LogP contribution in [0.2, 0.25) is 5.02 Å². The number of imidazole rings is 1. The van der Waals surface area contributed by atoms with Gasteiger partial charge in [0.2, 0.25) is 0 Å². The van der Waals surface area contributed by atoms with Crippen molar-refractivity contribution in [3.63, 3.8) is 0 Å². The molecule has 2 heterocycles. The lowest BCUT2D eigenvalue weighted by atomic mass is 10.1. The number of pyridine rings is 1. The number of halogens is 4. The van der Waals surface area contributed by atoms with Gasteiger partial charge in [-0.1, -0.05) is 11.6 Å². The molecule has 4 nitrogen and oxygen atoms in total. The van der Waals surface area contributed by atoms with Crippen LogP contribution >= 0.6 is 11.6 Å². The highest BCUT2D eigenvalue weighted by molar-refractivity contribution is 6.33. The zero-order chi connectivity index (χ0) is 18.9. The van der Waals surface area contributed by atoms with Crippen LogP contribution in [0, 0.1) is 0 Å². The molecule has 2 aromatic heterocycles. The van der Waals surface area contributed by atoms with E-state index in [1.54, 1.807) is 12.1 Å². The Kier molecular flexibility index (Phi) is 5.11. The lowest BCUT2D eigenvalue weighted by molar-refractivity contribution is -0.137. The molecule has 1 aromatic carbocycles. The molecule has 0 unspecified atom stereocenters. The number of ether oxygens (including phenoxy) is 1. The van der Waals surface area contributed by atoms with Gasteiger partial charge in [-0.05, 0) is 43.8 Å². The average Bonchev–Trinajstić information content (AvgIpc) is 2.95. The van der Waals surface area contributed by atoms with Crippen molar-refractivity contribution >= 4 is 17.2 Å². The van der Waals surface area contributed by atoms with E-state index in [9.17, 15) is 13.2 Å². The first-order chi connectivity index (χ1) is 12.3. The van der Waals surface area contributed by atoms with Crippen LogP contribution in [0.4, 0.5) is 13.2 Å². The van der Waals surface area contributed by atoms with E-state index in [0.717, 1.165) is 17.8 Å². The van der Waals surface area contributed by atoms with Gasteiger partial charge in [-0.3, -0.25) is 0 Å². The maximum Gasteiger partial charge on any atom is 0.417 e. The fraction of sp³-hybridized carbons (Fsp3) is 0.278. The van der Waals surface area contributed by atoms with E-state index < -0.39 is 11.7 Å². The summed E-state index contributed by atoms with van der Waals surface area (Å²) in [5.41, 5.74) is 7.00. The largest absolute Gasteiger partial charge is 0.494 e. The first kappa shape index (κ1) is 18.5. The Balaban J connectivity index is 2.19. The molecule has 0 fully saturated rings. The minimum absolute atomic E-state index is 0.0599. The van der Waals surface area contributed by atoms with Gasteiger partial charge < -0.3 is 14.9 Å². The quantitative estimate of drug-likeness (QED) is 0.702. The van der Waals surface area contributed by atoms with Crippen molar-refractivity contribution < 1.29 is 17.9 Å². The van der Waals surface area contributed by atoms with E-state index in [0.29, 0.717) is 30.2 Å². The van der Waals surface area contributed by atoms with Crippen LogP contribution in [0.25, 0.3) is 16.9 Å². The Morgan fingerprint density at radius 1 is 1.23 bits per heavy atom. The molecule has 0 aliphatic rings. The van der Waals surface area contributed by atoms with Gasteiger partial charge in [0.15, 0.2) is 5.65 Å². The van der Waals surface area contributed by atoms with Crippen molar-refractivity contribution in [2.75, 3.05) is 13.2 Å². The zero-order valence-electron chi connectivity index (χ0n) is 14.0. The molecule has 3 aromatic rings. The van der Waals surface area contributed by atoms with Crippen molar-refractivity contribution in [1.29, 1.82) is 0 Å². The number of nitrogens with zero attached hydrogens (tertiary/aromatic N) is 2. The van der Waals surface area contributed by atoms with Crippen LogP contribution < -0.4 is 10.5 Å². The molecule has 0 atom stereocenters. The Labute approximate surface area is 153 Å². The van der Waals surface area contributed by atoms with Gasteiger partial charge in [0.25, 0.3) is 0 Å². The molecule has 0 saturated carbocycles. The van der Waals surface area contributed by atoms with Crippen LogP contribution in [0.5, 0.6) is 5.75 Å². The summed E-state index contributed by atoms with van der Waals surface area (Å²) in [5.74, 6) is 0.706. The monoisotopic (exact) mass is 383 g/mol. The number of fused-ring (bicyclic) bond motifs is 1. The van der Waals surface area contributed by atoms with Crippen molar-refractivity contribution in [2.45, 2.75) is 19.5 Å².